The normalized spacial score (nSPS) is 25.3. The third-order valence-electron chi connectivity index (χ3n) is 5.91. The van der Waals surface area contributed by atoms with Crippen LogP contribution in [0.2, 0.25) is 0 Å². The minimum atomic E-state index is -0.576. The zero-order valence-corrected chi connectivity index (χ0v) is 16.4. The first kappa shape index (κ1) is 18.9. The SMILES string of the molecule is COC(=O)C1C(C)=NC2=C(C(=O)CCC2)[C@H]1c1ccccc1N1CCOCC1. The molecule has 3 aliphatic rings. The van der Waals surface area contributed by atoms with Gasteiger partial charge in [0.1, 0.15) is 5.92 Å². The zero-order chi connectivity index (χ0) is 19.7. The third-order valence-corrected chi connectivity index (χ3v) is 5.91. The molecule has 1 saturated heterocycles. The molecule has 148 valence electrons. The lowest BCUT2D eigenvalue weighted by Crippen LogP contribution is -2.40. The first-order valence-electron chi connectivity index (χ1n) is 9.92. The summed E-state index contributed by atoms with van der Waals surface area (Å²) >= 11 is 0. The molecule has 0 saturated carbocycles. The summed E-state index contributed by atoms with van der Waals surface area (Å²) in [6, 6.07) is 8.09. The average Bonchev–Trinajstić information content (AvgIpc) is 2.73. The lowest BCUT2D eigenvalue weighted by Gasteiger charge is -2.37. The van der Waals surface area contributed by atoms with Crippen molar-refractivity contribution in [3.05, 3.63) is 41.1 Å². The van der Waals surface area contributed by atoms with Gasteiger partial charge in [0.25, 0.3) is 0 Å². The van der Waals surface area contributed by atoms with Gasteiger partial charge in [-0.1, -0.05) is 18.2 Å². The second kappa shape index (κ2) is 7.87. The Hall–Kier alpha value is -2.47. The number of ether oxygens (including phenoxy) is 2. The molecule has 6 nitrogen and oxygen atoms in total. The van der Waals surface area contributed by atoms with Crippen LogP contribution in [0.5, 0.6) is 0 Å². The van der Waals surface area contributed by atoms with E-state index >= 15 is 0 Å². The monoisotopic (exact) mass is 382 g/mol. The number of carbonyl (C=O) groups is 2. The van der Waals surface area contributed by atoms with Gasteiger partial charge in [0, 0.05) is 48.1 Å². The van der Waals surface area contributed by atoms with Crippen molar-refractivity contribution in [1.29, 1.82) is 0 Å². The van der Waals surface area contributed by atoms with E-state index in [-0.39, 0.29) is 17.7 Å². The zero-order valence-electron chi connectivity index (χ0n) is 16.4. The van der Waals surface area contributed by atoms with Gasteiger partial charge in [-0.15, -0.1) is 0 Å². The van der Waals surface area contributed by atoms with Crippen LogP contribution < -0.4 is 4.90 Å². The summed E-state index contributed by atoms with van der Waals surface area (Å²) in [5, 5.41) is 0. The fourth-order valence-electron chi connectivity index (χ4n) is 4.62. The molecule has 0 radical (unpaired) electrons. The highest BCUT2D eigenvalue weighted by atomic mass is 16.5. The summed E-state index contributed by atoms with van der Waals surface area (Å²) in [7, 11) is 1.40. The molecule has 28 heavy (non-hydrogen) atoms. The quantitative estimate of drug-likeness (QED) is 0.752. The van der Waals surface area contributed by atoms with E-state index in [4.69, 9.17) is 9.47 Å². The molecule has 2 aliphatic heterocycles. The average molecular weight is 382 g/mol. The van der Waals surface area contributed by atoms with E-state index in [0.29, 0.717) is 25.2 Å². The number of aliphatic imine (C=N–C) groups is 1. The number of methoxy groups -OCH3 is 1. The van der Waals surface area contributed by atoms with Crippen LogP contribution in [0.3, 0.4) is 0 Å². The minimum Gasteiger partial charge on any atom is -0.468 e. The number of ketones is 1. The van der Waals surface area contributed by atoms with E-state index in [2.05, 4.69) is 16.0 Å². The van der Waals surface area contributed by atoms with Crippen LogP contribution in [0.4, 0.5) is 5.69 Å². The number of allylic oxidation sites excluding steroid dienone is 2. The summed E-state index contributed by atoms with van der Waals surface area (Å²) < 4.78 is 10.6. The fourth-order valence-corrected chi connectivity index (χ4v) is 4.62. The smallest absolute Gasteiger partial charge is 0.315 e. The molecule has 0 aromatic heterocycles. The molecule has 0 N–H and O–H groups in total. The van der Waals surface area contributed by atoms with E-state index in [0.717, 1.165) is 48.6 Å². The molecule has 1 aliphatic carbocycles. The van der Waals surface area contributed by atoms with E-state index in [1.54, 1.807) is 0 Å². The molecular weight excluding hydrogens is 356 g/mol. The van der Waals surface area contributed by atoms with Crippen molar-refractivity contribution in [3.63, 3.8) is 0 Å². The maximum absolute atomic E-state index is 13.0. The summed E-state index contributed by atoms with van der Waals surface area (Å²) in [4.78, 5) is 32.7. The molecule has 2 atom stereocenters. The van der Waals surface area contributed by atoms with Gasteiger partial charge in [0.05, 0.1) is 20.3 Å². The van der Waals surface area contributed by atoms with E-state index in [9.17, 15) is 9.59 Å². The molecule has 1 aromatic rings. The second-order valence-corrected chi connectivity index (χ2v) is 7.53. The van der Waals surface area contributed by atoms with Gasteiger partial charge in [-0.25, -0.2) is 0 Å². The predicted molar refractivity (Wildman–Crippen MR) is 107 cm³/mol. The van der Waals surface area contributed by atoms with Crippen molar-refractivity contribution in [3.8, 4) is 0 Å². The summed E-state index contributed by atoms with van der Waals surface area (Å²) in [6.07, 6.45) is 2.11. The fraction of sp³-hybridized carbons (Fsp3) is 0.500. The van der Waals surface area contributed by atoms with E-state index in [1.165, 1.54) is 7.11 Å². The molecule has 1 unspecified atom stereocenters. The van der Waals surface area contributed by atoms with Crippen molar-refractivity contribution in [1.82, 2.24) is 0 Å². The number of para-hydroxylation sites is 1. The molecule has 2 heterocycles. The van der Waals surface area contributed by atoms with Gasteiger partial charge in [0.2, 0.25) is 0 Å². The van der Waals surface area contributed by atoms with Crippen LogP contribution in [0.15, 0.2) is 40.5 Å². The summed E-state index contributed by atoms with van der Waals surface area (Å²) in [5.74, 6) is -1.17. The van der Waals surface area contributed by atoms with Crippen LogP contribution in [-0.2, 0) is 19.1 Å². The van der Waals surface area contributed by atoms with Crippen molar-refractivity contribution in [2.45, 2.75) is 32.1 Å². The Morgan fingerprint density at radius 3 is 2.71 bits per heavy atom. The number of anilines is 1. The van der Waals surface area contributed by atoms with Crippen LogP contribution in [0.25, 0.3) is 0 Å². The summed E-state index contributed by atoms with van der Waals surface area (Å²) in [6.45, 7) is 4.80. The number of benzene rings is 1. The van der Waals surface area contributed by atoms with Crippen molar-refractivity contribution >= 4 is 23.2 Å². The van der Waals surface area contributed by atoms with Gasteiger partial charge < -0.3 is 14.4 Å². The number of hydrogen-bond donors (Lipinski definition) is 0. The highest BCUT2D eigenvalue weighted by Crippen LogP contribution is 2.46. The largest absolute Gasteiger partial charge is 0.468 e. The number of esters is 1. The van der Waals surface area contributed by atoms with Crippen molar-refractivity contribution < 1.29 is 19.1 Å². The summed E-state index contributed by atoms with van der Waals surface area (Å²) in [5.41, 5.74) is 4.33. The Labute approximate surface area is 165 Å². The Bertz CT molecular complexity index is 852. The molecule has 4 rings (SSSR count). The number of Topliss-reactive ketones (excluding diaryl/α,β-unsaturated/α-hetero) is 1. The Balaban J connectivity index is 1.87. The number of hydrogen-bond acceptors (Lipinski definition) is 6. The molecule has 1 aromatic carbocycles. The predicted octanol–water partition coefficient (Wildman–Crippen LogP) is 2.88. The van der Waals surface area contributed by atoms with Gasteiger partial charge >= 0.3 is 5.97 Å². The highest BCUT2D eigenvalue weighted by Gasteiger charge is 2.44. The standard InChI is InChI=1S/C22H26N2O4/c1-14-19(22(26)27-2)20(21-16(23-14)7-5-9-18(21)25)15-6-3-4-8-17(15)24-10-12-28-13-11-24/h3-4,6,8,19-20H,5,7,9-13H2,1-2H3/t19?,20-/m0/s1. The van der Waals surface area contributed by atoms with Gasteiger partial charge in [0.15, 0.2) is 5.78 Å². The molecule has 0 bridgehead atoms. The Morgan fingerprint density at radius 1 is 1.21 bits per heavy atom. The molecule has 0 amide bonds. The number of nitrogens with zero attached hydrogens (tertiary/aromatic N) is 2. The maximum Gasteiger partial charge on any atom is 0.315 e. The van der Waals surface area contributed by atoms with E-state index in [1.807, 2.05) is 25.1 Å². The lowest BCUT2D eigenvalue weighted by molar-refractivity contribution is -0.143. The molecule has 0 spiro atoms. The van der Waals surface area contributed by atoms with Gasteiger partial charge in [-0.05, 0) is 31.4 Å². The van der Waals surface area contributed by atoms with E-state index < -0.39 is 5.92 Å². The number of carbonyl (C=O) groups excluding carboxylic acids is 2. The highest BCUT2D eigenvalue weighted by molar-refractivity contribution is 6.09. The van der Waals surface area contributed by atoms with Crippen LogP contribution >= 0.6 is 0 Å². The molecule has 1 fully saturated rings. The molecular formula is C22H26N2O4. The maximum atomic E-state index is 13.0. The Morgan fingerprint density at radius 2 is 1.96 bits per heavy atom. The van der Waals surface area contributed by atoms with Crippen molar-refractivity contribution in [2.75, 3.05) is 38.3 Å². The third kappa shape index (κ3) is 3.26. The second-order valence-electron chi connectivity index (χ2n) is 7.53. The number of morpholine rings is 1. The van der Waals surface area contributed by atoms with Crippen LogP contribution in [0.1, 0.15) is 37.7 Å². The first-order valence-corrected chi connectivity index (χ1v) is 9.92. The molecule has 6 heteroatoms. The van der Waals surface area contributed by atoms with Gasteiger partial charge in [-0.3, -0.25) is 14.6 Å². The minimum absolute atomic E-state index is 0.105. The lowest BCUT2D eigenvalue weighted by atomic mass is 9.71. The first-order chi connectivity index (χ1) is 13.6. The topological polar surface area (TPSA) is 68.2 Å². The van der Waals surface area contributed by atoms with Crippen LogP contribution in [0, 0.1) is 5.92 Å². The number of rotatable bonds is 3. The van der Waals surface area contributed by atoms with Crippen LogP contribution in [-0.4, -0.2) is 50.9 Å². The van der Waals surface area contributed by atoms with Crippen molar-refractivity contribution in [2.24, 2.45) is 10.9 Å². The van der Waals surface area contributed by atoms with Gasteiger partial charge in [-0.2, -0.15) is 0 Å². The Kier molecular flexibility index (Phi) is 5.31.